The third-order valence-electron chi connectivity index (χ3n) is 10.0. The highest BCUT2D eigenvalue weighted by atomic mass is 32.2. The number of anilines is 2. The Morgan fingerprint density at radius 3 is 1.52 bits per heavy atom. The van der Waals surface area contributed by atoms with Crippen LogP contribution in [0.3, 0.4) is 0 Å². The minimum absolute atomic E-state index is 0.115. The molecule has 66 heavy (non-hydrogen) atoms. The second-order valence-electron chi connectivity index (χ2n) is 14.9. The van der Waals surface area contributed by atoms with Crippen molar-refractivity contribution in [2.75, 3.05) is 82.1 Å². The number of amidine groups is 2. The number of rotatable bonds is 13. The highest BCUT2D eigenvalue weighted by molar-refractivity contribution is 7.86. The Hall–Kier alpha value is -7.40. The molecule has 2 unspecified atom stereocenters. The van der Waals surface area contributed by atoms with Crippen LogP contribution in [0.1, 0.15) is 11.1 Å². The van der Waals surface area contributed by atoms with Crippen molar-refractivity contribution in [1.29, 1.82) is 10.8 Å². The molecule has 3 fully saturated rings. The maximum absolute atomic E-state index is 12.5. The van der Waals surface area contributed by atoms with Gasteiger partial charge in [-0.15, -0.1) is 0 Å². The number of methoxy groups -OCH3 is 1. The lowest BCUT2D eigenvalue weighted by molar-refractivity contribution is -0.142. The molecule has 7 rings (SSSR count). The molecule has 0 spiro atoms. The quantitative estimate of drug-likeness (QED) is 0.0486. The van der Waals surface area contributed by atoms with Crippen molar-refractivity contribution in [1.82, 2.24) is 20.4 Å². The topological polar surface area (TPSA) is 260 Å². The molecular weight excluding hydrogens is 881 g/mol. The Bertz CT molecular complexity index is 2470. The summed E-state index contributed by atoms with van der Waals surface area (Å²) in [6.07, 6.45) is -2.68. The van der Waals surface area contributed by atoms with Gasteiger partial charge in [-0.3, -0.25) is 50.0 Å². The molecule has 0 radical (unpaired) electrons. The second kappa shape index (κ2) is 22.5. The molecule has 4 aromatic rings. The fraction of sp³-hybridized carbons (Fsp3) is 0.295. The van der Waals surface area contributed by atoms with E-state index >= 15 is 0 Å². The number of hydrogen-bond donors (Lipinski definition) is 4. The molecule has 0 bridgehead atoms. The summed E-state index contributed by atoms with van der Waals surface area (Å²) in [5.41, 5.74) is 2.00. The first-order chi connectivity index (χ1) is 31.6. The molecule has 0 saturated carbocycles. The van der Waals surface area contributed by atoms with Gasteiger partial charge in [0.15, 0.2) is 0 Å². The van der Waals surface area contributed by atoms with Crippen LogP contribution in [-0.4, -0.2) is 145 Å². The highest BCUT2D eigenvalue weighted by Gasteiger charge is 2.35. The standard InChI is InChI=1S/C25H29N5O6.C19H19N3O7S/c1-34-22(31)17-29-13-11-28(12-14-29)15-21-16-30(25(33)36-21)19-9-7-18(8-10-19)23(26)27-24(32)35-20-5-3-2-4-6-20;1-30(25,26)27-12-16-11-22(19(24)29-16)14-9-7-13(8-10-14)17(20)21-18(23)28-15-5-3-2-4-6-15/h2-10,21H,11-17H2,1H3,(H2,26,27,32);2-10,16H,11-12H2,1H3,(H2,20,21,23). The Labute approximate surface area is 380 Å². The lowest BCUT2D eigenvalue weighted by Crippen LogP contribution is -2.50. The molecule has 348 valence electrons. The van der Waals surface area contributed by atoms with Gasteiger partial charge in [0, 0.05) is 55.2 Å². The molecule has 4 amide bonds. The summed E-state index contributed by atoms with van der Waals surface area (Å²) >= 11 is 0. The van der Waals surface area contributed by atoms with Gasteiger partial charge >= 0.3 is 30.3 Å². The molecule has 3 heterocycles. The zero-order chi connectivity index (χ0) is 47.2. The molecule has 4 N–H and O–H groups in total. The first kappa shape index (κ1) is 48.1. The van der Waals surface area contributed by atoms with Gasteiger partial charge in [0.2, 0.25) is 0 Å². The number of esters is 1. The Kier molecular flexibility index (Phi) is 16.4. The minimum atomic E-state index is -3.63. The number of carbonyl (C=O) groups is 5. The number of cyclic esters (lactones) is 2. The number of ether oxygens (including phenoxy) is 5. The van der Waals surface area contributed by atoms with E-state index in [0.717, 1.165) is 32.4 Å². The average Bonchev–Trinajstić information content (AvgIpc) is 3.87. The Balaban J connectivity index is 0.000000222. The summed E-state index contributed by atoms with van der Waals surface area (Å²) in [6, 6.07) is 30.0. The van der Waals surface area contributed by atoms with E-state index in [4.69, 9.17) is 34.5 Å². The lowest BCUT2D eigenvalue weighted by Gasteiger charge is -2.34. The Morgan fingerprint density at radius 2 is 1.08 bits per heavy atom. The van der Waals surface area contributed by atoms with Crippen LogP contribution < -0.4 is 29.9 Å². The number of carbonyl (C=O) groups excluding carboxylic acids is 5. The van der Waals surface area contributed by atoms with E-state index in [9.17, 15) is 32.4 Å². The number of nitrogens with zero attached hydrogens (tertiary/aromatic N) is 4. The predicted octanol–water partition coefficient (Wildman–Crippen LogP) is 4.02. The number of hydrogen-bond acceptors (Lipinski definition) is 17. The van der Waals surface area contributed by atoms with Gasteiger partial charge in [0.25, 0.3) is 10.1 Å². The fourth-order valence-electron chi connectivity index (χ4n) is 6.72. The zero-order valence-corrected chi connectivity index (χ0v) is 36.7. The van der Waals surface area contributed by atoms with Crippen molar-refractivity contribution in [3.05, 3.63) is 120 Å². The van der Waals surface area contributed by atoms with E-state index in [2.05, 4.69) is 19.7 Å². The van der Waals surface area contributed by atoms with Crippen LogP contribution in [0.4, 0.5) is 30.6 Å². The maximum Gasteiger partial charge on any atom is 0.418 e. The van der Waals surface area contributed by atoms with Gasteiger partial charge in [0.1, 0.15) is 42.0 Å². The minimum Gasteiger partial charge on any atom is -0.468 e. The molecule has 3 saturated heterocycles. The largest absolute Gasteiger partial charge is 0.468 e. The van der Waals surface area contributed by atoms with Crippen LogP contribution in [-0.2, 0) is 33.3 Å². The molecule has 0 aromatic heterocycles. The number of para-hydroxylation sites is 2. The van der Waals surface area contributed by atoms with E-state index in [1.807, 2.05) is 11.0 Å². The maximum atomic E-state index is 12.5. The van der Waals surface area contributed by atoms with E-state index < -0.39 is 40.6 Å². The first-order valence-electron chi connectivity index (χ1n) is 20.4. The van der Waals surface area contributed by atoms with Crippen LogP contribution in [0.25, 0.3) is 0 Å². The van der Waals surface area contributed by atoms with Crippen molar-refractivity contribution in [3.63, 3.8) is 0 Å². The van der Waals surface area contributed by atoms with E-state index in [1.165, 1.54) is 12.0 Å². The molecule has 0 aliphatic carbocycles. The SMILES string of the molecule is COC(=O)CN1CCN(CC2CN(c3ccc(C(=N)NC(=O)Oc4ccccc4)cc3)C(=O)O2)CC1.CS(=O)(=O)OCC1CN(c2ccc(C(=N)NC(=O)Oc3ccccc3)cc2)C(=O)O1. The molecule has 22 heteroatoms. The summed E-state index contributed by atoms with van der Waals surface area (Å²) in [5, 5.41) is 20.8. The molecule has 4 aromatic carbocycles. The molecule has 21 nitrogen and oxygen atoms in total. The number of benzene rings is 4. The fourth-order valence-corrected chi connectivity index (χ4v) is 7.12. The van der Waals surface area contributed by atoms with Crippen molar-refractivity contribution in [3.8, 4) is 11.5 Å². The normalized spacial score (nSPS) is 17.4. The third-order valence-corrected chi connectivity index (χ3v) is 10.6. The molecular formula is C44H48N8O13S. The van der Waals surface area contributed by atoms with Gasteiger partial charge in [-0.2, -0.15) is 8.42 Å². The Morgan fingerprint density at radius 1 is 0.652 bits per heavy atom. The second-order valence-corrected chi connectivity index (χ2v) is 16.5. The van der Waals surface area contributed by atoms with E-state index in [1.54, 1.807) is 108 Å². The van der Waals surface area contributed by atoms with Gasteiger partial charge in [-0.1, -0.05) is 36.4 Å². The summed E-state index contributed by atoms with van der Waals surface area (Å²) in [7, 11) is -2.25. The van der Waals surface area contributed by atoms with Gasteiger partial charge in [-0.05, 0) is 72.8 Å². The summed E-state index contributed by atoms with van der Waals surface area (Å²) in [4.78, 5) is 67.0. The summed E-state index contributed by atoms with van der Waals surface area (Å²) in [5.74, 6) is 0.192. The van der Waals surface area contributed by atoms with Crippen LogP contribution in [0, 0.1) is 10.8 Å². The van der Waals surface area contributed by atoms with E-state index in [-0.39, 0.29) is 43.4 Å². The summed E-state index contributed by atoms with van der Waals surface area (Å²) in [6.45, 7) is 4.23. The van der Waals surface area contributed by atoms with E-state index in [0.29, 0.717) is 47.1 Å². The molecule has 2 atom stereocenters. The van der Waals surface area contributed by atoms with Crippen molar-refractivity contribution >= 4 is 63.5 Å². The highest BCUT2D eigenvalue weighted by Crippen LogP contribution is 2.24. The number of piperazine rings is 1. The predicted molar refractivity (Wildman–Crippen MR) is 239 cm³/mol. The van der Waals surface area contributed by atoms with Crippen LogP contribution in [0.2, 0.25) is 0 Å². The number of amides is 4. The van der Waals surface area contributed by atoms with Gasteiger partial charge in [-0.25, -0.2) is 19.2 Å². The first-order valence-corrected chi connectivity index (χ1v) is 22.2. The molecule has 3 aliphatic heterocycles. The number of nitrogens with one attached hydrogen (secondary N) is 4. The summed E-state index contributed by atoms with van der Waals surface area (Å²) < 4.78 is 52.4. The van der Waals surface area contributed by atoms with Gasteiger partial charge in [0.05, 0.1) is 33.0 Å². The zero-order valence-electron chi connectivity index (χ0n) is 35.9. The van der Waals surface area contributed by atoms with Crippen LogP contribution >= 0.6 is 0 Å². The van der Waals surface area contributed by atoms with Gasteiger partial charge < -0.3 is 23.7 Å². The van der Waals surface area contributed by atoms with Crippen LogP contribution in [0.15, 0.2) is 109 Å². The monoisotopic (exact) mass is 928 g/mol. The smallest absolute Gasteiger partial charge is 0.418 e. The van der Waals surface area contributed by atoms with Crippen molar-refractivity contribution in [2.24, 2.45) is 0 Å². The molecule has 3 aliphatic rings. The van der Waals surface area contributed by atoms with Crippen LogP contribution in [0.5, 0.6) is 11.5 Å². The van der Waals surface area contributed by atoms with Crippen molar-refractivity contribution in [2.45, 2.75) is 12.2 Å². The average molecular weight is 929 g/mol. The third kappa shape index (κ3) is 14.3. The van der Waals surface area contributed by atoms with Crippen molar-refractivity contribution < 1.29 is 60.3 Å². The lowest BCUT2D eigenvalue weighted by atomic mass is 10.1.